The number of rotatable bonds is 1. The van der Waals surface area contributed by atoms with Gasteiger partial charge in [0, 0.05) is 29.6 Å². The lowest BCUT2D eigenvalue weighted by Gasteiger charge is -2.31. The summed E-state index contributed by atoms with van der Waals surface area (Å²) in [5, 5.41) is 0. The molecule has 2 heterocycles. The minimum atomic E-state index is -0.0696. The van der Waals surface area contributed by atoms with E-state index in [4.69, 9.17) is 0 Å². The van der Waals surface area contributed by atoms with Crippen LogP contribution in [0.15, 0.2) is 35.5 Å². The minimum Gasteiger partial charge on any atom is -0.346 e. The lowest BCUT2D eigenvalue weighted by atomic mass is 9.71. The molecule has 1 saturated carbocycles. The summed E-state index contributed by atoms with van der Waals surface area (Å²) < 4.78 is 0. The van der Waals surface area contributed by atoms with Crippen LogP contribution >= 0.6 is 0 Å². The van der Waals surface area contributed by atoms with Crippen molar-refractivity contribution in [1.82, 2.24) is 9.97 Å². The minimum absolute atomic E-state index is 0.0696. The SMILES string of the molecule is Cc1cnc(C2CC3C(=Nc4ccccc43)C(=O)C2C)[nH]1. The molecule has 0 radical (unpaired) electrons. The van der Waals surface area contributed by atoms with Gasteiger partial charge in [-0.3, -0.25) is 4.79 Å². The zero-order valence-electron chi connectivity index (χ0n) is 12.1. The third kappa shape index (κ3) is 1.78. The van der Waals surface area contributed by atoms with Crippen molar-refractivity contribution < 1.29 is 4.79 Å². The van der Waals surface area contributed by atoms with Crippen LogP contribution in [0.2, 0.25) is 0 Å². The number of aliphatic imine (C=N–C) groups is 1. The Hall–Kier alpha value is -2.23. The summed E-state index contributed by atoms with van der Waals surface area (Å²) in [6, 6.07) is 8.07. The van der Waals surface area contributed by atoms with Crippen molar-refractivity contribution >= 4 is 17.2 Å². The molecule has 1 fully saturated rings. The fraction of sp³-hybridized carbons (Fsp3) is 0.353. The molecule has 1 aliphatic heterocycles. The van der Waals surface area contributed by atoms with E-state index in [2.05, 4.69) is 21.0 Å². The molecule has 0 bridgehead atoms. The Morgan fingerprint density at radius 2 is 2.10 bits per heavy atom. The molecule has 0 amide bonds. The third-order valence-electron chi connectivity index (χ3n) is 4.72. The molecule has 3 atom stereocenters. The van der Waals surface area contributed by atoms with Gasteiger partial charge in [-0.15, -0.1) is 0 Å². The molecular weight excluding hydrogens is 262 g/mol. The van der Waals surface area contributed by atoms with Gasteiger partial charge in [0.05, 0.1) is 11.4 Å². The number of para-hydroxylation sites is 1. The number of aryl methyl sites for hydroxylation is 1. The number of hydrogen-bond acceptors (Lipinski definition) is 3. The van der Waals surface area contributed by atoms with Crippen LogP contribution in [0.1, 0.15) is 42.3 Å². The van der Waals surface area contributed by atoms with Gasteiger partial charge in [0.2, 0.25) is 0 Å². The molecule has 1 aromatic heterocycles. The molecule has 0 spiro atoms. The molecule has 2 aromatic rings. The second-order valence-corrected chi connectivity index (χ2v) is 6.06. The largest absolute Gasteiger partial charge is 0.346 e. The number of fused-ring (bicyclic) bond motifs is 3. The Morgan fingerprint density at radius 3 is 2.86 bits per heavy atom. The predicted molar refractivity (Wildman–Crippen MR) is 81.1 cm³/mol. The number of aromatic nitrogens is 2. The number of Topliss-reactive ketones (excluding diaryl/α,β-unsaturated/α-hetero) is 1. The van der Waals surface area contributed by atoms with Crippen LogP contribution in [0.25, 0.3) is 0 Å². The van der Waals surface area contributed by atoms with E-state index < -0.39 is 0 Å². The number of H-pyrrole nitrogens is 1. The molecule has 4 nitrogen and oxygen atoms in total. The Morgan fingerprint density at radius 1 is 1.29 bits per heavy atom. The summed E-state index contributed by atoms with van der Waals surface area (Å²) in [6.07, 6.45) is 2.73. The van der Waals surface area contributed by atoms with E-state index in [1.165, 1.54) is 5.56 Å². The summed E-state index contributed by atoms with van der Waals surface area (Å²) in [5.41, 5.74) is 3.91. The van der Waals surface area contributed by atoms with Crippen molar-refractivity contribution in [2.45, 2.75) is 32.1 Å². The monoisotopic (exact) mass is 279 g/mol. The summed E-state index contributed by atoms with van der Waals surface area (Å²) in [5.74, 6) is 1.29. The fourth-order valence-corrected chi connectivity index (χ4v) is 3.55. The van der Waals surface area contributed by atoms with E-state index in [9.17, 15) is 4.79 Å². The van der Waals surface area contributed by atoms with Crippen molar-refractivity contribution in [2.24, 2.45) is 10.9 Å². The number of nitrogens with zero attached hydrogens (tertiary/aromatic N) is 2. The number of nitrogens with one attached hydrogen (secondary N) is 1. The summed E-state index contributed by atoms with van der Waals surface area (Å²) in [4.78, 5) is 25.0. The first-order valence-corrected chi connectivity index (χ1v) is 7.38. The quantitative estimate of drug-likeness (QED) is 0.871. The molecule has 1 aliphatic carbocycles. The first-order valence-electron chi connectivity index (χ1n) is 7.38. The maximum Gasteiger partial charge on any atom is 0.181 e. The van der Waals surface area contributed by atoms with E-state index in [-0.39, 0.29) is 23.5 Å². The molecule has 21 heavy (non-hydrogen) atoms. The Bertz CT molecular complexity index is 759. The van der Waals surface area contributed by atoms with E-state index >= 15 is 0 Å². The number of hydrogen-bond donors (Lipinski definition) is 1. The van der Waals surface area contributed by atoms with Gasteiger partial charge in [-0.05, 0) is 25.0 Å². The van der Waals surface area contributed by atoms with Crippen LogP contribution in [-0.4, -0.2) is 21.5 Å². The van der Waals surface area contributed by atoms with Gasteiger partial charge in [0.15, 0.2) is 5.78 Å². The van der Waals surface area contributed by atoms with Crippen molar-refractivity contribution in [3.05, 3.63) is 47.5 Å². The second-order valence-electron chi connectivity index (χ2n) is 6.06. The predicted octanol–water partition coefficient (Wildman–Crippen LogP) is 3.28. The van der Waals surface area contributed by atoms with Gasteiger partial charge in [0.1, 0.15) is 5.82 Å². The van der Waals surface area contributed by atoms with Crippen LogP contribution in [-0.2, 0) is 4.79 Å². The number of carbonyl (C=O) groups is 1. The van der Waals surface area contributed by atoms with Crippen LogP contribution in [0.4, 0.5) is 5.69 Å². The maximum atomic E-state index is 12.7. The van der Waals surface area contributed by atoms with E-state index in [1.807, 2.05) is 38.2 Å². The van der Waals surface area contributed by atoms with Crippen molar-refractivity contribution in [2.75, 3.05) is 0 Å². The van der Waals surface area contributed by atoms with Crippen molar-refractivity contribution in [1.29, 1.82) is 0 Å². The normalized spacial score (nSPS) is 27.2. The van der Waals surface area contributed by atoms with Crippen LogP contribution in [0, 0.1) is 12.8 Å². The molecule has 0 saturated heterocycles. The Balaban J connectivity index is 1.76. The standard InChI is InChI=1S/C17H17N3O/c1-9-8-18-17(19-9)12-7-13-11-5-3-4-6-14(11)20-15(13)16(21)10(12)2/h3-6,8,10,12-13H,7H2,1-2H3,(H,18,19). The van der Waals surface area contributed by atoms with Gasteiger partial charge in [-0.25, -0.2) is 9.98 Å². The number of aromatic amines is 1. The highest BCUT2D eigenvalue weighted by molar-refractivity contribution is 6.44. The molecule has 1 aromatic carbocycles. The lowest BCUT2D eigenvalue weighted by molar-refractivity contribution is -0.117. The fourth-order valence-electron chi connectivity index (χ4n) is 3.55. The van der Waals surface area contributed by atoms with Gasteiger partial charge in [0.25, 0.3) is 0 Å². The topological polar surface area (TPSA) is 58.1 Å². The third-order valence-corrected chi connectivity index (χ3v) is 4.72. The molecular formula is C17H17N3O. The molecule has 106 valence electrons. The first-order chi connectivity index (χ1) is 10.1. The summed E-state index contributed by atoms with van der Waals surface area (Å²) >= 11 is 0. The number of carbonyl (C=O) groups excluding carboxylic acids is 1. The van der Waals surface area contributed by atoms with E-state index in [0.29, 0.717) is 0 Å². The first kappa shape index (κ1) is 12.5. The lowest BCUT2D eigenvalue weighted by Crippen LogP contribution is -2.36. The Kier molecular flexibility index (Phi) is 2.61. The second kappa shape index (κ2) is 4.38. The van der Waals surface area contributed by atoms with Crippen LogP contribution < -0.4 is 0 Å². The van der Waals surface area contributed by atoms with E-state index in [0.717, 1.165) is 29.3 Å². The van der Waals surface area contributed by atoms with Gasteiger partial charge >= 0.3 is 0 Å². The smallest absolute Gasteiger partial charge is 0.181 e. The van der Waals surface area contributed by atoms with Gasteiger partial charge in [-0.1, -0.05) is 25.1 Å². The van der Waals surface area contributed by atoms with Crippen LogP contribution in [0.3, 0.4) is 0 Å². The number of benzene rings is 1. The zero-order valence-corrected chi connectivity index (χ0v) is 12.1. The average Bonchev–Trinajstić information content (AvgIpc) is 3.06. The molecule has 1 N–H and O–H groups in total. The molecule has 2 aliphatic rings. The highest BCUT2D eigenvalue weighted by atomic mass is 16.1. The van der Waals surface area contributed by atoms with Gasteiger partial charge in [-0.2, -0.15) is 0 Å². The maximum absolute atomic E-state index is 12.7. The highest BCUT2D eigenvalue weighted by Crippen LogP contribution is 2.47. The van der Waals surface area contributed by atoms with Crippen LogP contribution in [0.5, 0.6) is 0 Å². The Labute approximate surface area is 123 Å². The zero-order chi connectivity index (χ0) is 14.6. The molecule has 3 unspecified atom stereocenters. The number of ketones is 1. The molecule has 4 heteroatoms. The summed E-state index contributed by atoms with van der Waals surface area (Å²) in [6.45, 7) is 3.98. The highest BCUT2D eigenvalue weighted by Gasteiger charge is 2.44. The average molecular weight is 279 g/mol. The molecule has 4 rings (SSSR count). The van der Waals surface area contributed by atoms with Gasteiger partial charge < -0.3 is 4.98 Å². The number of imidazole rings is 1. The summed E-state index contributed by atoms with van der Waals surface area (Å²) in [7, 11) is 0. The van der Waals surface area contributed by atoms with E-state index in [1.54, 1.807) is 0 Å². The van der Waals surface area contributed by atoms with Crippen molar-refractivity contribution in [3.8, 4) is 0 Å². The van der Waals surface area contributed by atoms with Crippen molar-refractivity contribution in [3.63, 3.8) is 0 Å².